The van der Waals surface area contributed by atoms with Crippen molar-refractivity contribution in [3.05, 3.63) is 35.5 Å². The fourth-order valence-electron chi connectivity index (χ4n) is 1.91. The van der Waals surface area contributed by atoms with Crippen molar-refractivity contribution in [2.24, 2.45) is 0 Å². The Hall–Kier alpha value is -3.03. The van der Waals surface area contributed by atoms with Crippen molar-refractivity contribution < 1.29 is 28.6 Å². The molecule has 0 bridgehead atoms. The molecule has 0 aromatic heterocycles. The van der Waals surface area contributed by atoms with Gasteiger partial charge in [0.1, 0.15) is 5.70 Å². The van der Waals surface area contributed by atoms with E-state index >= 15 is 0 Å². The molecule has 8 heteroatoms. The predicted molar refractivity (Wildman–Crippen MR) is 92.3 cm³/mol. The first kappa shape index (κ1) is 20.0. The van der Waals surface area contributed by atoms with Crippen LogP contribution in [0.25, 0.3) is 0 Å². The highest BCUT2D eigenvalue weighted by atomic mass is 16.5. The fraction of sp³-hybridized carbons (Fsp3) is 0.353. The lowest BCUT2D eigenvalue weighted by atomic mass is 10.1. The summed E-state index contributed by atoms with van der Waals surface area (Å²) >= 11 is 0. The van der Waals surface area contributed by atoms with Gasteiger partial charge in [-0.25, -0.2) is 14.4 Å². The minimum absolute atomic E-state index is 0.0932. The van der Waals surface area contributed by atoms with E-state index in [4.69, 9.17) is 4.74 Å². The van der Waals surface area contributed by atoms with Crippen LogP contribution in [-0.2, 0) is 23.8 Å². The van der Waals surface area contributed by atoms with Crippen molar-refractivity contribution in [2.75, 3.05) is 32.0 Å². The summed E-state index contributed by atoms with van der Waals surface area (Å²) in [6.07, 6.45) is 0.968. The van der Waals surface area contributed by atoms with E-state index in [0.717, 1.165) is 6.08 Å². The van der Waals surface area contributed by atoms with Crippen LogP contribution in [-0.4, -0.2) is 45.3 Å². The van der Waals surface area contributed by atoms with Crippen molar-refractivity contribution in [3.63, 3.8) is 0 Å². The van der Waals surface area contributed by atoms with Gasteiger partial charge in [0.15, 0.2) is 0 Å². The monoisotopic (exact) mass is 350 g/mol. The van der Waals surface area contributed by atoms with E-state index < -0.39 is 17.9 Å². The number of methoxy groups -OCH3 is 3. The van der Waals surface area contributed by atoms with Crippen LogP contribution in [0, 0.1) is 0 Å². The average molecular weight is 350 g/mol. The van der Waals surface area contributed by atoms with E-state index in [9.17, 15) is 14.4 Å². The second-order valence-electron chi connectivity index (χ2n) is 5.25. The van der Waals surface area contributed by atoms with Crippen LogP contribution < -0.4 is 10.6 Å². The van der Waals surface area contributed by atoms with Crippen molar-refractivity contribution in [1.82, 2.24) is 0 Å². The normalized spacial score (nSPS) is 10.9. The fourth-order valence-corrected chi connectivity index (χ4v) is 1.91. The van der Waals surface area contributed by atoms with Crippen LogP contribution in [0.5, 0.6) is 0 Å². The molecule has 0 aliphatic carbocycles. The molecule has 0 saturated carbocycles. The Kier molecular flexibility index (Phi) is 7.45. The summed E-state index contributed by atoms with van der Waals surface area (Å²) in [4.78, 5) is 35.1. The van der Waals surface area contributed by atoms with Crippen LogP contribution in [0.2, 0.25) is 0 Å². The molecule has 2 N–H and O–H groups in total. The molecule has 136 valence electrons. The smallest absolute Gasteiger partial charge is 0.354 e. The minimum Gasteiger partial charge on any atom is -0.466 e. The molecular weight excluding hydrogens is 328 g/mol. The van der Waals surface area contributed by atoms with Crippen molar-refractivity contribution >= 4 is 29.3 Å². The van der Waals surface area contributed by atoms with Gasteiger partial charge in [-0.05, 0) is 32.0 Å². The largest absolute Gasteiger partial charge is 0.466 e. The van der Waals surface area contributed by atoms with Crippen molar-refractivity contribution in [3.8, 4) is 0 Å². The topological polar surface area (TPSA) is 103 Å². The zero-order valence-corrected chi connectivity index (χ0v) is 14.8. The highest BCUT2D eigenvalue weighted by molar-refractivity contribution is 6.00. The number of carbonyl (C=O) groups excluding carboxylic acids is 3. The summed E-state index contributed by atoms with van der Waals surface area (Å²) in [5, 5.41) is 5.98. The van der Waals surface area contributed by atoms with Crippen LogP contribution in [0.1, 0.15) is 24.2 Å². The summed E-state index contributed by atoms with van der Waals surface area (Å²) in [6, 6.07) is 4.85. The Morgan fingerprint density at radius 1 is 1.00 bits per heavy atom. The maximum Gasteiger partial charge on any atom is 0.354 e. The van der Waals surface area contributed by atoms with E-state index in [1.807, 2.05) is 13.8 Å². The number of hydrogen-bond donors (Lipinski definition) is 2. The minimum atomic E-state index is -0.760. The van der Waals surface area contributed by atoms with E-state index in [0.29, 0.717) is 11.4 Å². The Balaban J connectivity index is 3.33. The molecule has 0 heterocycles. The summed E-state index contributed by atoms with van der Waals surface area (Å²) in [5.74, 6) is -2.02. The Labute approximate surface area is 146 Å². The summed E-state index contributed by atoms with van der Waals surface area (Å²) in [6.45, 7) is 3.87. The number of benzene rings is 1. The van der Waals surface area contributed by atoms with Gasteiger partial charge in [-0.2, -0.15) is 0 Å². The number of rotatable bonds is 7. The molecule has 0 radical (unpaired) electrons. The average Bonchev–Trinajstić information content (AvgIpc) is 2.60. The van der Waals surface area contributed by atoms with E-state index in [1.165, 1.54) is 27.4 Å². The zero-order valence-electron chi connectivity index (χ0n) is 14.8. The highest BCUT2D eigenvalue weighted by Gasteiger charge is 2.17. The van der Waals surface area contributed by atoms with E-state index in [2.05, 4.69) is 20.1 Å². The molecule has 1 aromatic rings. The summed E-state index contributed by atoms with van der Waals surface area (Å²) in [5.41, 5.74) is 1.17. The number of nitrogens with one attached hydrogen (secondary N) is 2. The molecule has 0 spiro atoms. The summed E-state index contributed by atoms with van der Waals surface area (Å²) < 4.78 is 13.9. The molecule has 0 saturated heterocycles. The lowest BCUT2D eigenvalue weighted by molar-refractivity contribution is -0.138. The van der Waals surface area contributed by atoms with Crippen LogP contribution >= 0.6 is 0 Å². The van der Waals surface area contributed by atoms with Gasteiger partial charge in [0.05, 0.1) is 44.3 Å². The van der Waals surface area contributed by atoms with Crippen LogP contribution in [0.3, 0.4) is 0 Å². The second-order valence-corrected chi connectivity index (χ2v) is 5.25. The molecular formula is C17H22N2O6. The van der Waals surface area contributed by atoms with E-state index in [1.54, 1.807) is 12.1 Å². The van der Waals surface area contributed by atoms with Gasteiger partial charge < -0.3 is 24.8 Å². The first-order valence-electron chi connectivity index (χ1n) is 7.46. The first-order valence-corrected chi connectivity index (χ1v) is 7.46. The van der Waals surface area contributed by atoms with Gasteiger partial charge in [-0.1, -0.05) is 0 Å². The first-order chi connectivity index (χ1) is 11.8. The maximum atomic E-state index is 11.9. The zero-order chi connectivity index (χ0) is 19.0. The van der Waals surface area contributed by atoms with Gasteiger partial charge in [-0.15, -0.1) is 0 Å². The third kappa shape index (κ3) is 5.83. The Morgan fingerprint density at radius 2 is 1.68 bits per heavy atom. The quantitative estimate of drug-likeness (QED) is 0.437. The molecule has 0 amide bonds. The lowest BCUT2D eigenvalue weighted by Gasteiger charge is -2.18. The van der Waals surface area contributed by atoms with Gasteiger partial charge in [-0.3, -0.25) is 0 Å². The predicted octanol–water partition coefficient (Wildman–Crippen LogP) is 1.94. The molecule has 25 heavy (non-hydrogen) atoms. The number of anilines is 2. The summed E-state index contributed by atoms with van der Waals surface area (Å²) in [7, 11) is 3.65. The van der Waals surface area contributed by atoms with Crippen molar-refractivity contribution in [1.29, 1.82) is 0 Å². The SMILES string of the molecule is COC(=O)/C=C(/Nc1cc(C(=O)OC)ccc1NC(C)C)C(=O)OC. The third-order valence-corrected chi connectivity index (χ3v) is 3.02. The Bertz CT molecular complexity index is 682. The third-order valence-electron chi connectivity index (χ3n) is 3.02. The van der Waals surface area contributed by atoms with E-state index in [-0.39, 0.29) is 17.3 Å². The number of esters is 3. The highest BCUT2D eigenvalue weighted by Crippen LogP contribution is 2.26. The van der Waals surface area contributed by atoms with Crippen molar-refractivity contribution in [2.45, 2.75) is 19.9 Å². The molecule has 1 rings (SSSR count). The second kappa shape index (κ2) is 9.31. The number of hydrogen-bond acceptors (Lipinski definition) is 8. The lowest BCUT2D eigenvalue weighted by Crippen LogP contribution is -2.18. The maximum absolute atomic E-state index is 11.9. The molecule has 0 aliphatic heterocycles. The van der Waals surface area contributed by atoms with Crippen LogP contribution in [0.15, 0.2) is 30.0 Å². The standard InChI is InChI=1S/C17H22N2O6/c1-10(2)18-12-7-6-11(16(21)24-4)8-13(12)19-14(17(22)25-5)9-15(20)23-3/h6-10,18-19H,1-5H3/b14-9+. The molecule has 0 fully saturated rings. The molecule has 0 atom stereocenters. The molecule has 8 nitrogen and oxygen atoms in total. The molecule has 0 aliphatic rings. The molecule has 1 aromatic carbocycles. The Morgan fingerprint density at radius 3 is 2.20 bits per heavy atom. The number of ether oxygens (including phenoxy) is 3. The molecule has 0 unspecified atom stereocenters. The van der Waals surface area contributed by atoms with Gasteiger partial charge in [0, 0.05) is 6.04 Å². The van der Waals surface area contributed by atoms with Crippen LogP contribution in [0.4, 0.5) is 11.4 Å². The van der Waals surface area contributed by atoms with Gasteiger partial charge in [0.25, 0.3) is 0 Å². The number of carbonyl (C=O) groups is 3. The van der Waals surface area contributed by atoms with Gasteiger partial charge in [0.2, 0.25) is 0 Å². The van der Waals surface area contributed by atoms with Gasteiger partial charge >= 0.3 is 17.9 Å².